The largest absolute Gasteiger partial charge is 0.334 e. The van der Waals surface area contributed by atoms with Crippen LogP contribution in [-0.2, 0) is 21.7 Å². The van der Waals surface area contributed by atoms with E-state index in [4.69, 9.17) is 0 Å². The highest BCUT2D eigenvalue weighted by atomic mass is 15.3. The fourth-order valence-corrected chi connectivity index (χ4v) is 14.4. The molecule has 0 amide bonds. The van der Waals surface area contributed by atoms with Crippen LogP contribution in [0.15, 0.2) is 170 Å². The summed E-state index contributed by atoms with van der Waals surface area (Å²) < 4.78 is 0. The highest BCUT2D eigenvalue weighted by molar-refractivity contribution is 7.00. The van der Waals surface area contributed by atoms with Gasteiger partial charge in [-0.1, -0.05) is 177 Å². The van der Waals surface area contributed by atoms with Gasteiger partial charge in [0.2, 0.25) is 0 Å². The lowest BCUT2D eigenvalue weighted by Gasteiger charge is -2.51. The van der Waals surface area contributed by atoms with Crippen molar-refractivity contribution in [3.63, 3.8) is 0 Å². The molecule has 8 aromatic rings. The molecule has 4 heteroatoms. The second-order valence-corrected chi connectivity index (χ2v) is 25.2. The van der Waals surface area contributed by atoms with Gasteiger partial charge in [-0.2, -0.15) is 0 Å². The van der Waals surface area contributed by atoms with Crippen LogP contribution in [0, 0.1) is 6.92 Å². The maximum Gasteiger partial charge on any atom is 0.252 e. The Hall–Kier alpha value is -6.78. The first-order valence-electron chi connectivity index (χ1n) is 27.3. The van der Waals surface area contributed by atoms with E-state index in [1.807, 2.05) is 0 Å². The summed E-state index contributed by atoms with van der Waals surface area (Å²) in [4.78, 5) is 8.08. The highest BCUT2D eigenvalue weighted by Crippen LogP contribution is 2.61. The lowest BCUT2D eigenvalue weighted by Crippen LogP contribution is -2.62. The maximum atomic E-state index is 2.76. The Morgan fingerprint density at radius 1 is 0.438 bits per heavy atom. The van der Waals surface area contributed by atoms with E-state index in [-0.39, 0.29) is 33.9 Å². The van der Waals surface area contributed by atoms with Gasteiger partial charge in [0.15, 0.2) is 0 Å². The molecule has 8 aromatic carbocycles. The van der Waals surface area contributed by atoms with Crippen molar-refractivity contribution in [2.24, 2.45) is 0 Å². The molecule has 2 atom stereocenters. The lowest BCUT2D eigenvalue weighted by atomic mass is 9.33. The van der Waals surface area contributed by atoms with Crippen LogP contribution < -0.4 is 31.1 Å². The lowest BCUT2D eigenvalue weighted by molar-refractivity contribution is 0.195. The number of para-hydroxylation sites is 1. The number of anilines is 8. The quantitative estimate of drug-likeness (QED) is 0.159. The van der Waals surface area contributed by atoms with Gasteiger partial charge in [-0.25, -0.2) is 0 Å². The van der Waals surface area contributed by atoms with E-state index >= 15 is 0 Å². The zero-order chi connectivity index (χ0) is 50.4. The Morgan fingerprint density at radius 3 is 1.73 bits per heavy atom. The predicted molar refractivity (Wildman–Crippen MR) is 313 cm³/mol. The number of hydrogen-bond acceptors (Lipinski definition) is 3. The molecule has 0 bridgehead atoms. The number of nitrogens with zero attached hydrogens (tertiary/aromatic N) is 3. The van der Waals surface area contributed by atoms with Crippen molar-refractivity contribution in [1.29, 1.82) is 0 Å². The minimum atomic E-state index is -0.0595. The monoisotopic (exact) mass is 952 g/mol. The molecular formula is C69H70BN3. The summed E-state index contributed by atoms with van der Waals surface area (Å²) in [6.07, 6.45) is 7.20. The van der Waals surface area contributed by atoms with Gasteiger partial charge in [-0.05, 0) is 177 Å². The first-order valence-corrected chi connectivity index (χ1v) is 27.3. The molecule has 5 aliphatic rings. The molecule has 3 nitrogen and oxygen atoms in total. The SMILES string of the molecule is Cc1cc2c3c(c1)N(c1ccc(C(C)(C)C)cc1-c1ccccc1)c1cc4c(cc1B3c1ccc(N3c5ccccc5C5(C)CCCCC35C)cc1N2c1ccc(-c2ccccc2)cc1)C(C)(C)CCC4(C)C. The molecule has 13 rings (SSSR count). The molecule has 2 unspecified atom stereocenters. The van der Waals surface area contributed by atoms with Gasteiger partial charge >= 0.3 is 0 Å². The van der Waals surface area contributed by atoms with E-state index in [1.165, 1.54) is 131 Å². The summed E-state index contributed by atoms with van der Waals surface area (Å²) in [5.41, 5.74) is 26.3. The zero-order valence-corrected chi connectivity index (χ0v) is 44.8. The van der Waals surface area contributed by atoms with Gasteiger partial charge in [-0.3, -0.25) is 0 Å². The van der Waals surface area contributed by atoms with Gasteiger partial charge in [-0.15, -0.1) is 0 Å². The van der Waals surface area contributed by atoms with Gasteiger partial charge in [0.1, 0.15) is 0 Å². The van der Waals surface area contributed by atoms with Crippen molar-refractivity contribution in [3.05, 3.63) is 198 Å². The predicted octanol–water partition coefficient (Wildman–Crippen LogP) is 16.8. The van der Waals surface area contributed by atoms with Crippen molar-refractivity contribution in [2.75, 3.05) is 14.7 Å². The molecule has 364 valence electrons. The van der Waals surface area contributed by atoms with Gasteiger partial charge in [0.25, 0.3) is 6.71 Å². The highest BCUT2D eigenvalue weighted by Gasteiger charge is 2.58. The average Bonchev–Trinajstić information content (AvgIpc) is 3.60. The van der Waals surface area contributed by atoms with E-state index < -0.39 is 0 Å². The van der Waals surface area contributed by atoms with Crippen LogP contribution in [0.25, 0.3) is 22.3 Å². The van der Waals surface area contributed by atoms with Crippen molar-refractivity contribution in [1.82, 2.24) is 0 Å². The minimum Gasteiger partial charge on any atom is -0.334 e. The van der Waals surface area contributed by atoms with Crippen LogP contribution >= 0.6 is 0 Å². The second kappa shape index (κ2) is 16.1. The second-order valence-electron chi connectivity index (χ2n) is 25.2. The average molecular weight is 952 g/mol. The van der Waals surface area contributed by atoms with E-state index in [1.54, 1.807) is 0 Å². The van der Waals surface area contributed by atoms with Gasteiger partial charge in [0.05, 0.1) is 11.2 Å². The molecule has 3 aliphatic heterocycles. The molecule has 0 aromatic heterocycles. The third kappa shape index (κ3) is 6.84. The van der Waals surface area contributed by atoms with Crippen LogP contribution in [0.1, 0.15) is 129 Å². The molecule has 3 heterocycles. The first-order chi connectivity index (χ1) is 35.0. The van der Waals surface area contributed by atoms with Crippen molar-refractivity contribution >= 4 is 68.6 Å². The Kier molecular flexibility index (Phi) is 10.2. The molecule has 1 saturated carbocycles. The maximum absolute atomic E-state index is 2.76. The van der Waals surface area contributed by atoms with Crippen LogP contribution in [0.4, 0.5) is 45.5 Å². The molecule has 0 N–H and O–H groups in total. The molecule has 0 spiro atoms. The van der Waals surface area contributed by atoms with Gasteiger partial charge < -0.3 is 14.7 Å². The smallest absolute Gasteiger partial charge is 0.252 e. The Bertz CT molecular complexity index is 3510. The summed E-state index contributed by atoms with van der Waals surface area (Å²) >= 11 is 0. The van der Waals surface area contributed by atoms with Crippen LogP contribution in [0.5, 0.6) is 0 Å². The van der Waals surface area contributed by atoms with Crippen LogP contribution in [-0.4, -0.2) is 12.3 Å². The molecule has 73 heavy (non-hydrogen) atoms. The van der Waals surface area contributed by atoms with Crippen molar-refractivity contribution < 1.29 is 0 Å². The van der Waals surface area contributed by atoms with Crippen LogP contribution in [0.3, 0.4) is 0 Å². The summed E-state index contributed by atoms with van der Waals surface area (Å²) in [6.45, 7) is 24.4. The fourth-order valence-electron chi connectivity index (χ4n) is 14.4. The third-order valence-electron chi connectivity index (χ3n) is 18.9. The molecule has 0 saturated heterocycles. The van der Waals surface area contributed by atoms with Crippen LogP contribution in [0.2, 0.25) is 0 Å². The molecule has 1 fully saturated rings. The van der Waals surface area contributed by atoms with Crippen molar-refractivity contribution in [2.45, 2.75) is 135 Å². The number of fused-ring (bicyclic) bond motifs is 8. The van der Waals surface area contributed by atoms with Crippen molar-refractivity contribution in [3.8, 4) is 22.3 Å². The third-order valence-corrected chi connectivity index (χ3v) is 18.9. The Morgan fingerprint density at radius 2 is 1.03 bits per heavy atom. The first kappa shape index (κ1) is 46.0. The Balaban J connectivity index is 1.11. The number of rotatable bonds is 5. The molecular weight excluding hydrogens is 882 g/mol. The standard InChI is InChI=1S/C69H70BN3/c1-45-39-62-64-63(40-45)72(58-34-29-49(65(2,3)4)41-52(58)48-23-15-12-16-24-48)61-44-55-54(66(5,6)37-38-67(55,7)8)43-57(61)70(64)56-33-32-51(73-59-26-18-17-25-53(59)68(9)35-19-20-36-69(68,73)10)42-60(56)71(62)50-30-27-47(28-31-50)46-21-13-11-14-22-46/h11-18,21-34,39-44H,19-20,35-38H2,1-10H3. The van der Waals surface area contributed by atoms with E-state index in [0.717, 1.165) is 19.3 Å². The number of aryl methyl sites for hydroxylation is 1. The summed E-state index contributed by atoms with van der Waals surface area (Å²) in [5.74, 6) is 0. The normalized spacial score (nSPS) is 20.9. The topological polar surface area (TPSA) is 9.72 Å². The van der Waals surface area contributed by atoms with Gasteiger partial charge in [0, 0.05) is 50.8 Å². The summed E-state index contributed by atoms with van der Waals surface area (Å²) in [6, 6.07) is 65.9. The number of hydrogen-bond donors (Lipinski definition) is 0. The molecule has 2 aliphatic carbocycles. The molecule has 0 radical (unpaired) electrons. The van der Waals surface area contributed by atoms with E-state index in [0.29, 0.717) is 0 Å². The summed E-state index contributed by atoms with van der Waals surface area (Å²) in [5, 5.41) is 0. The fraction of sp³-hybridized carbons (Fsp3) is 0.304. The van der Waals surface area contributed by atoms with E-state index in [2.05, 4.69) is 254 Å². The minimum absolute atomic E-state index is 0.00213. The summed E-state index contributed by atoms with van der Waals surface area (Å²) in [7, 11) is 0. The Labute approximate surface area is 436 Å². The number of benzene rings is 8. The zero-order valence-electron chi connectivity index (χ0n) is 44.8. The van der Waals surface area contributed by atoms with E-state index in [9.17, 15) is 0 Å².